The Hall–Kier alpha value is -3.13. The summed E-state index contributed by atoms with van der Waals surface area (Å²) in [7, 11) is 3.27. The molecule has 0 saturated carbocycles. The lowest BCUT2D eigenvalue weighted by molar-refractivity contribution is -0.385. The molecule has 154 valence electrons. The zero-order chi connectivity index (χ0) is 21.0. The molecule has 0 bridgehead atoms. The van der Waals surface area contributed by atoms with Crippen molar-refractivity contribution in [1.82, 2.24) is 9.80 Å². The van der Waals surface area contributed by atoms with Crippen molar-refractivity contribution in [3.05, 3.63) is 63.2 Å². The number of ether oxygens (including phenoxy) is 2. The first-order valence-electron chi connectivity index (χ1n) is 9.41. The number of hydrogen-bond acceptors (Lipinski definition) is 6. The van der Waals surface area contributed by atoms with Crippen LogP contribution in [0.3, 0.4) is 0 Å². The molecule has 0 N–H and O–H groups in total. The van der Waals surface area contributed by atoms with Gasteiger partial charge in [-0.2, -0.15) is 0 Å². The maximum Gasteiger partial charge on any atom is 0.273 e. The highest BCUT2D eigenvalue weighted by Gasteiger charge is 2.26. The number of nitrogens with zero attached hydrogens (tertiary/aromatic N) is 3. The molecule has 1 aliphatic heterocycles. The van der Waals surface area contributed by atoms with Gasteiger partial charge in [-0.3, -0.25) is 19.8 Å². The van der Waals surface area contributed by atoms with Crippen LogP contribution in [0.25, 0.3) is 0 Å². The van der Waals surface area contributed by atoms with E-state index in [0.29, 0.717) is 43.9 Å². The van der Waals surface area contributed by atoms with E-state index >= 15 is 0 Å². The zero-order valence-corrected chi connectivity index (χ0v) is 16.9. The van der Waals surface area contributed by atoms with E-state index in [0.717, 1.165) is 17.1 Å². The predicted molar refractivity (Wildman–Crippen MR) is 109 cm³/mol. The summed E-state index contributed by atoms with van der Waals surface area (Å²) >= 11 is 0. The first-order valence-corrected chi connectivity index (χ1v) is 9.41. The summed E-state index contributed by atoms with van der Waals surface area (Å²) in [6.07, 6.45) is 0. The van der Waals surface area contributed by atoms with Crippen molar-refractivity contribution in [3.63, 3.8) is 0 Å². The second kappa shape index (κ2) is 8.91. The second-order valence-corrected chi connectivity index (χ2v) is 6.95. The molecule has 0 unspecified atom stereocenters. The van der Waals surface area contributed by atoms with E-state index in [1.807, 2.05) is 18.2 Å². The number of hydrogen-bond donors (Lipinski definition) is 0. The molecule has 1 fully saturated rings. The molecule has 0 aliphatic carbocycles. The van der Waals surface area contributed by atoms with Crippen LogP contribution in [-0.4, -0.2) is 61.0 Å². The highest BCUT2D eigenvalue weighted by molar-refractivity contribution is 5.96. The molecule has 8 nitrogen and oxygen atoms in total. The van der Waals surface area contributed by atoms with E-state index in [1.165, 1.54) is 6.07 Å². The van der Waals surface area contributed by atoms with E-state index in [4.69, 9.17) is 9.47 Å². The Labute approximate surface area is 169 Å². The lowest BCUT2D eigenvalue weighted by Gasteiger charge is -2.35. The smallest absolute Gasteiger partial charge is 0.273 e. The summed E-state index contributed by atoms with van der Waals surface area (Å²) in [6.45, 7) is 4.86. The number of nitro groups is 1. The maximum atomic E-state index is 12.9. The standard InChI is InChI=1S/C21H25N3O5/c1-15-18(5-4-6-19(15)24(26)27)21(25)23-11-9-22(10-12-23)14-16-13-17(28-2)7-8-20(16)29-3/h4-8,13H,9-12,14H2,1-3H3. The molecule has 1 heterocycles. The van der Waals surface area contributed by atoms with Gasteiger partial charge in [0.1, 0.15) is 11.5 Å². The largest absolute Gasteiger partial charge is 0.497 e. The number of benzene rings is 2. The first-order chi connectivity index (χ1) is 13.9. The Morgan fingerprint density at radius 2 is 1.83 bits per heavy atom. The molecule has 8 heteroatoms. The fourth-order valence-electron chi connectivity index (χ4n) is 3.58. The zero-order valence-electron chi connectivity index (χ0n) is 16.9. The van der Waals surface area contributed by atoms with E-state index in [2.05, 4.69) is 4.90 Å². The molecule has 0 aromatic heterocycles. The van der Waals surface area contributed by atoms with Crippen LogP contribution in [0.2, 0.25) is 0 Å². The maximum absolute atomic E-state index is 12.9. The van der Waals surface area contributed by atoms with Crippen LogP contribution in [0.5, 0.6) is 11.5 Å². The van der Waals surface area contributed by atoms with Crippen LogP contribution in [-0.2, 0) is 6.54 Å². The molecule has 0 atom stereocenters. The van der Waals surface area contributed by atoms with Gasteiger partial charge in [0, 0.05) is 55.5 Å². The molecule has 0 radical (unpaired) electrons. The minimum Gasteiger partial charge on any atom is -0.497 e. The SMILES string of the molecule is COc1ccc(OC)c(CN2CCN(C(=O)c3cccc([N+](=O)[O-])c3C)CC2)c1. The van der Waals surface area contributed by atoms with Crippen molar-refractivity contribution in [1.29, 1.82) is 0 Å². The van der Waals surface area contributed by atoms with Gasteiger partial charge in [-0.1, -0.05) is 6.07 Å². The summed E-state index contributed by atoms with van der Waals surface area (Å²) in [5.41, 5.74) is 1.80. The fraction of sp³-hybridized carbons (Fsp3) is 0.381. The normalized spacial score (nSPS) is 14.5. The minimum atomic E-state index is -0.453. The number of piperazine rings is 1. The van der Waals surface area contributed by atoms with E-state index in [1.54, 1.807) is 38.2 Å². The Kier molecular flexibility index (Phi) is 6.33. The Morgan fingerprint density at radius 1 is 1.10 bits per heavy atom. The number of amides is 1. The molecule has 2 aromatic rings. The van der Waals surface area contributed by atoms with E-state index < -0.39 is 4.92 Å². The quantitative estimate of drug-likeness (QED) is 0.549. The van der Waals surface area contributed by atoms with Gasteiger partial charge in [0.25, 0.3) is 11.6 Å². The van der Waals surface area contributed by atoms with E-state index in [9.17, 15) is 14.9 Å². The van der Waals surface area contributed by atoms with Crippen molar-refractivity contribution < 1.29 is 19.2 Å². The Bertz CT molecular complexity index is 907. The van der Waals surface area contributed by atoms with Crippen LogP contribution >= 0.6 is 0 Å². The van der Waals surface area contributed by atoms with Crippen molar-refractivity contribution in [2.24, 2.45) is 0 Å². The predicted octanol–water partition coefficient (Wildman–Crippen LogP) is 2.88. The third-order valence-corrected chi connectivity index (χ3v) is 5.27. The van der Waals surface area contributed by atoms with Gasteiger partial charge in [-0.25, -0.2) is 0 Å². The number of carbonyl (C=O) groups excluding carboxylic acids is 1. The van der Waals surface area contributed by atoms with Crippen LogP contribution in [0, 0.1) is 17.0 Å². The number of carbonyl (C=O) groups is 1. The number of nitro benzene ring substituents is 1. The highest BCUT2D eigenvalue weighted by atomic mass is 16.6. The van der Waals surface area contributed by atoms with E-state index in [-0.39, 0.29) is 11.6 Å². The minimum absolute atomic E-state index is 0.0281. The van der Waals surface area contributed by atoms with Gasteiger partial charge in [0.05, 0.1) is 19.1 Å². The Morgan fingerprint density at radius 3 is 2.45 bits per heavy atom. The summed E-state index contributed by atoms with van der Waals surface area (Å²) in [4.78, 5) is 27.6. The van der Waals surface area contributed by atoms with Gasteiger partial charge in [-0.05, 0) is 31.2 Å². The molecule has 3 rings (SSSR count). The molecule has 0 spiro atoms. The van der Waals surface area contributed by atoms with Crippen molar-refractivity contribution in [2.45, 2.75) is 13.5 Å². The van der Waals surface area contributed by atoms with Gasteiger partial charge < -0.3 is 14.4 Å². The lowest BCUT2D eigenvalue weighted by atomic mass is 10.1. The van der Waals surface area contributed by atoms with Crippen molar-refractivity contribution in [3.8, 4) is 11.5 Å². The molecule has 2 aromatic carbocycles. The molecular weight excluding hydrogens is 374 g/mol. The van der Waals surface area contributed by atoms with Gasteiger partial charge in [0.2, 0.25) is 0 Å². The number of rotatable bonds is 6. The summed E-state index contributed by atoms with van der Waals surface area (Å²) in [6, 6.07) is 10.3. The Balaban J connectivity index is 1.66. The third-order valence-electron chi connectivity index (χ3n) is 5.27. The monoisotopic (exact) mass is 399 g/mol. The van der Waals surface area contributed by atoms with Crippen LogP contribution in [0.1, 0.15) is 21.5 Å². The second-order valence-electron chi connectivity index (χ2n) is 6.95. The van der Waals surface area contributed by atoms with Crippen molar-refractivity contribution in [2.75, 3.05) is 40.4 Å². The first kappa shape index (κ1) is 20.6. The summed E-state index contributed by atoms with van der Waals surface area (Å²) < 4.78 is 10.7. The van der Waals surface area contributed by atoms with Gasteiger partial charge in [0.15, 0.2) is 0 Å². The molecule has 1 amide bonds. The summed E-state index contributed by atoms with van der Waals surface area (Å²) in [5.74, 6) is 1.41. The van der Waals surface area contributed by atoms with Crippen LogP contribution < -0.4 is 9.47 Å². The third kappa shape index (κ3) is 4.48. The van der Waals surface area contributed by atoms with Crippen LogP contribution in [0.4, 0.5) is 5.69 Å². The molecule has 1 aliphatic rings. The van der Waals surface area contributed by atoms with Crippen LogP contribution in [0.15, 0.2) is 36.4 Å². The lowest BCUT2D eigenvalue weighted by Crippen LogP contribution is -2.48. The number of methoxy groups -OCH3 is 2. The van der Waals surface area contributed by atoms with Gasteiger partial charge in [-0.15, -0.1) is 0 Å². The average molecular weight is 399 g/mol. The van der Waals surface area contributed by atoms with Gasteiger partial charge >= 0.3 is 0 Å². The topological polar surface area (TPSA) is 85.2 Å². The highest BCUT2D eigenvalue weighted by Crippen LogP contribution is 2.26. The summed E-state index contributed by atoms with van der Waals surface area (Å²) in [5, 5.41) is 11.1. The molecular formula is C21H25N3O5. The molecule has 29 heavy (non-hydrogen) atoms. The average Bonchev–Trinajstić information content (AvgIpc) is 2.73. The van der Waals surface area contributed by atoms with Crippen molar-refractivity contribution >= 4 is 11.6 Å². The molecule has 1 saturated heterocycles. The fourth-order valence-corrected chi connectivity index (χ4v) is 3.58.